The summed E-state index contributed by atoms with van der Waals surface area (Å²) in [5.41, 5.74) is 4.92. The summed E-state index contributed by atoms with van der Waals surface area (Å²) in [4.78, 5) is 11.6. The standard InChI is InChI=1S/C9H17NO2S/c1-5-13-8(6(2)3)7(4)12-9(10)11/h6H,5H2,1-4H3,(H2,10,11). The van der Waals surface area contributed by atoms with Gasteiger partial charge in [0, 0.05) is 4.91 Å². The van der Waals surface area contributed by atoms with Gasteiger partial charge in [-0.15, -0.1) is 11.8 Å². The van der Waals surface area contributed by atoms with E-state index in [0.29, 0.717) is 11.7 Å². The molecule has 1 amide bonds. The third-order valence-electron chi connectivity index (χ3n) is 1.42. The summed E-state index contributed by atoms with van der Waals surface area (Å²) < 4.78 is 4.82. The summed E-state index contributed by atoms with van der Waals surface area (Å²) in [6.45, 7) is 7.95. The van der Waals surface area contributed by atoms with Gasteiger partial charge in [0.2, 0.25) is 0 Å². The van der Waals surface area contributed by atoms with E-state index in [1.807, 2.05) is 0 Å². The van der Waals surface area contributed by atoms with Crippen LogP contribution < -0.4 is 5.73 Å². The molecule has 0 radical (unpaired) electrons. The number of hydrogen-bond donors (Lipinski definition) is 1. The van der Waals surface area contributed by atoms with Gasteiger partial charge in [-0.3, -0.25) is 0 Å². The summed E-state index contributed by atoms with van der Waals surface area (Å²) in [5, 5.41) is 0. The lowest BCUT2D eigenvalue weighted by Crippen LogP contribution is -2.13. The molecule has 13 heavy (non-hydrogen) atoms. The molecule has 2 N–H and O–H groups in total. The van der Waals surface area contributed by atoms with Crippen LogP contribution in [0.15, 0.2) is 10.7 Å². The lowest BCUT2D eigenvalue weighted by atomic mass is 10.2. The number of thioether (sulfide) groups is 1. The van der Waals surface area contributed by atoms with E-state index in [1.165, 1.54) is 0 Å². The number of carbonyl (C=O) groups excluding carboxylic acids is 1. The van der Waals surface area contributed by atoms with Gasteiger partial charge in [0.05, 0.1) is 0 Å². The van der Waals surface area contributed by atoms with Crippen molar-refractivity contribution in [1.29, 1.82) is 0 Å². The zero-order valence-corrected chi connectivity index (χ0v) is 9.40. The molecule has 0 saturated heterocycles. The van der Waals surface area contributed by atoms with Crippen molar-refractivity contribution in [2.24, 2.45) is 11.7 Å². The van der Waals surface area contributed by atoms with Crippen LogP contribution >= 0.6 is 11.8 Å². The molecule has 0 aromatic carbocycles. The molecule has 0 bridgehead atoms. The number of carbonyl (C=O) groups is 1. The second-order valence-corrected chi connectivity index (χ2v) is 4.24. The molecule has 4 heteroatoms. The molecule has 0 saturated carbocycles. The number of ether oxygens (including phenoxy) is 1. The van der Waals surface area contributed by atoms with Crippen molar-refractivity contribution in [3.05, 3.63) is 10.7 Å². The minimum absolute atomic E-state index is 0.365. The van der Waals surface area contributed by atoms with Gasteiger partial charge in [-0.25, -0.2) is 4.79 Å². The van der Waals surface area contributed by atoms with Gasteiger partial charge in [0.1, 0.15) is 5.76 Å². The largest absolute Gasteiger partial charge is 0.414 e. The van der Waals surface area contributed by atoms with E-state index in [2.05, 4.69) is 20.8 Å². The fourth-order valence-corrected chi connectivity index (χ4v) is 1.92. The highest BCUT2D eigenvalue weighted by Gasteiger charge is 2.10. The molecule has 0 unspecified atom stereocenters. The molecule has 0 aliphatic rings. The Balaban J connectivity index is 4.53. The van der Waals surface area contributed by atoms with Crippen LogP contribution in [0.2, 0.25) is 0 Å². The molecular formula is C9H17NO2S. The first-order valence-electron chi connectivity index (χ1n) is 4.29. The summed E-state index contributed by atoms with van der Waals surface area (Å²) in [5.74, 6) is 1.95. The Kier molecular flexibility index (Phi) is 5.62. The topological polar surface area (TPSA) is 52.3 Å². The van der Waals surface area contributed by atoms with Crippen molar-refractivity contribution in [3.8, 4) is 0 Å². The van der Waals surface area contributed by atoms with Gasteiger partial charge >= 0.3 is 6.09 Å². The maximum atomic E-state index is 10.5. The van der Waals surface area contributed by atoms with Gasteiger partial charge < -0.3 is 10.5 Å². The molecule has 0 heterocycles. The van der Waals surface area contributed by atoms with Crippen LogP contribution in [0.1, 0.15) is 27.7 Å². The summed E-state index contributed by atoms with van der Waals surface area (Å²) in [7, 11) is 0. The fraction of sp³-hybridized carbons (Fsp3) is 0.667. The summed E-state index contributed by atoms with van der Waals surface area (Å²) >= 11 is 1.68. The SMILES string of the molecule is CCSC(=C(C)OC(N)=O)C(C)C. The van der Waals surface area contributed by atoms with Crippen LogP contribution in [-0.4, -0.2) is 11.8 Å². The van der Waals surface area contributed by atoms with Gasteiger partial charge in [0.25, 0.3) is 0 Å². The maximum Gasteiger partial charge on any atom is 0.409 e. The molecule has 0 aromatic rings. The smallest absolute Gasteiger partial charge is 0.409 e. The number of nitrogens with two attached hydrogens (primary N) is 1. The quantitative estimate of drug-likeness (QED) is 0.715. The number of hydrogen-bond acceptors (Lipinski definition) is 3. The van der Waals surface area contributed by atoms with Gasteiger partial charge in [-0.1, -0.05) is 20.8 Å². The Labute approximate surface area is 83.7 Å². The zero-order valence-electron chi connectivity index (χ0n) is 8.59. The van der Waals surface area contributed by atoms with Gasteiger partial charge in [-0.05, 0) is 18.6 Å². The Morgan fingerprint density at radius 3 is 2.38 bits per heavy atom. The van der Waals surface area contributed by atoms with Crippen LogP contribution in [0.4, 0.5) is 4.79 Å². The van der Waals surface area contributed by atoms with Crippen LogP contribution in [0.3, 0.4) is 0 Å². The lowest BCUT2D eigenvalue weighted by molar-refractivity contribution is 0.186. The summed E-state index contributed by atoms with van der Waals surface area (Å²) in [6, 6.07) is 0. The zero-order chi connectivity index (χ0) is 10.4. The van der Waals surface area contributed by atoms with E-state index < -0.39 is 6.09 Å². The van der Waals surface area contributed by atoms with Gasteiger partial charge in [-0.2, -0.15) is 0 Å². The Bertz CT molecular complexity index is 212. The van der Waals surface area contributed by atoms with Crippen molar-refractivity contribution in [1.82, 2.24) is 0 Å². The first kappa shape index (κ1) is 12.4. The van der Waals surface area contributed by atoms with Crippen molar-refractivity contribution >= 4 is 17.9 Å². The Hall–Kier alpha value is -0.640. The monoisotopic (exact) mass is 203 g/mol. The Morgan fingerprint density at radius 1 is 1.54 bits per heavy atom. The van der Waals surface area contributed by atoms with Crippen molar-refractivity contribution in [2.45, 2.75) is 27.7 Å². The fourth-order valence-electron chi connectivity index (χ4n) is 1.03. The second-order valence-electron chi connectivity index (χ2n) is 2.93. The van der Waals surface area contributed by atoms with Crippen LogP contribution in [0.25, 0.3) is 0 Å². The lowest BCUT2D eigenvalue weighted by Gasteiger charge is -2.13. The van der Waals surface area contributed by atoms with Crippen LogP contribution in [0, 0.1) is 5.92 Å². The van der Waals surface area contributed by atoms with Crippen molar-refractivity contribution < 1.29 is 9.53 Å². The highest BCUT2D eigenvalue weighted by atomic mass is 32.2. The van der Waals surface area contributed by atoms with Crippen molar-refractivity contribution in [3.63, 3.8) is 0 Å². The minimum Gasteiger partial charge on any atom is -0.414 e. The molecule has 0 rings (SSSR count). The molecular weight excluding hydrogens is 186 g/mol. The number of amides is 1. The van der Waals surface area contributed by atoms with Crippen LogP contribution in [-0.2, 0) is 4.74 Å². The average molecular weight is 203 g/mol. The van der Waals surface area contributed by atoms with E-state index >= 15 is 0 Å². The molecule has 0 spiro atoms. The third-order valence-corrected chi connectivity index (χ3v) is 2.78. The average Bonchev–Trinajstić information content (AvgIpc) is 1.97. The molecule has 0 fully saturated rings. The van der Waals surface area contributed by atoms with E-state index in [0.717, 1.165) is 10.7 Å². The molecule has 0 aliphatic carbocycles. The second kappa shape index (κ2) is 5.91. The molecule has 3 nitrogen and oxygen atoms in total. The predicted molar refractivity (Wildman–Crippen MR) is 56.3 cm³/mol. The van der Waals surface area contributed by atoms with E-state index in [9.17, 15) is 4.79 Å². The molecule has 0 aliphatic heterocycles. The number of allylic oxidation sites excluding steroid dienone is 2. The van der Waals surface area contributed by atoms with E-state index in [1.54, 1.807) is 18.7 Å². The predicted octanol–water partition coefficient (Wildman–Crippen LogP) is 2.72. The first-order chi connectivity index (χ1) is 5.99. The highest BCUT2D eigenvalue weighted by molar-refractivity contribution is 8.03. The minimum atomic E-state index is -0.743. The third kappa shape index (κ3) is 4.83. The first-order valence-corrected chi connectivity index (χ1v) is 5.28. The summed E-state index contributed by atoms with van der Waals surface area (Å²) in [6.07, 6.45) is -0.743. The number of rotatable bonds is 4. The van der Waals surface area contributed by atoms with Gasteiger partial charge in [0.15, 0.2) is 0 Å². The van der Waals surface area contributed by atoms with E-state index in [4.69, 9.17) is 10.5 Å². The number of primary amides is 1. The highest BCUT2D eigenvalue weighted by Crippen LogP contribution is 2.27. The Morgan fingerprint density at radius 2 is 2.08 bits per heavy atom. The van der Waals surface area contributed by atoms with E-state index in [-0.39, 0.29) is 0 Å². The molecule has 76 valence electrons. The molecule has 0 atom stereocenters. The van der Waals surface area contributed by atoms with Crippen LogP contribution in [0.5, 0.6) is 0 Å². The normalized spacial score (nSPS) is 12.7. The maximum absolute atomic E-state index is 10.5. The molecule has 0 aromatic heterocycles. The van der Waals surface area contributed by atoms with Crippen molar-refractivity contribution in [2.75, 3.05) is 5.75 Å².